The van der Waals surface area contributed by atoms with Gasteiger partial charge in [-0.2, -0.15) is 8.78 Å². The lowest BCUT2D eigenvalue weighted by atomic mass is 10.0. The Bertz CT molecular complexity index is 1090. The van der Waals surface area contributed by atoms with Crippen molar-refractivity contribution in [3.05, 3.63) is 76.9 Å². The lowest BCUT2D eigenvalue weighted by molar-refractivity contribution is -0.0524. The molecule has 3 aromatic rings. The molecule has 28 heavy (non-hydrogen) atoms. The van der Waals surface area contributed by atoms with E-state index in [2.05, 4.69) is 9.72 Å². The van der Waals surface area contributed by atoms with Crippen LogP contribution in [0, 0.1) is 0 Å². The number of benzene rings is 2. The van der Waals surface area contributed by atoms with Crippen LogP contribution in [0.1, 0.15) is 11.1 Å². The number of aromatic nitrogens is 1. The molecule has 0 N–H and O–H groups in total. The largest absolute Gasteiger partial charge is 0.416 e. The minimum absolute atomic E-state index is 0.187. The van der Waals surface area contributed by atoms with Crippen LogP contribution in [0.5, 0.6) is 5.88 Å². The van der Waals surface area contributed by atoms with Crippen LogP contribution in [0.4, 0.5) is 8.78 Å². The Morgan fingerprint density at radius 2 is 1.79 bits per heavy atom. The zero-order valence-corrected chi connectivity index (χ0v) is 16.3. The van der Waals surface area contributed by atoms with E-state index in [9.17, 15) is 17.2 Å². The van der Waals surface area contributed by atoms with E-state index >= 15 is 0 Å². The number of sulfone groups is 1. The number of halogens is 3. The first kappa shape index (κ1) is 20.2. The van der Waals surface area contributed by atoms with Gasteiger partial charge in [-0.25, -0.2) is 13.4 Å². The summed E-state index contributed by atoms with van der Waals surface area (Å²) < 4.78 is 53.1. The molecule has 0 unspecified atom stereocenters. The van der Waals surface area contributed by atoms with Gasteiger partial charge in [0.1, 0.15) is 0 Å². The van der Waals surface area contributed by atoms with Crippen molar-refractivity contribution in [2.75, 3.05) is 6.26 Å². The van der Waals surface area contributed by atoms with E-state index in [0.717, 1.165) is 17.4 Å². The molecule has 0 aliphatic carbocycles. The summed E-state index contributed by atoms with van der Waals surface area (Å²) >= 11 is 6.02. The van der Waals surface area contributed by atoms with E-state index in [1.807, 2.05) is 0 Å². The van der Waals surface area contributed by atoms with Gasteiger partial charge in [-0.3, -0.25) is 0 Å². The minimum atomic E-state index is -3.27. The van der Waals surface area contributed by atoms with Crippen molar-refractivity contribution in [1.29, 1.82) is 0 Å². The Labute approximate surface area is 166 Å². The van der Waals surface area contributed by atoms with E-state index in [1.165, 1.54) is 18.3 Å². The van der Waals surface area contributed by atoms with Gasteiger partial charge in [-0.15, -0.1) is 0 Å². The van der Waals surface area contributed by atoms with Crippen molar-refractivity contribution in [1.82, 2.24) is 4.98 Å². The summed E-state index contributed by atoms with van der Waals surface area (Å²) in [6, 6.07) is 14.9. The minimum Gasteiger partial charge on any atom is -0.416 e. The van der Waals surface area contributed by atoms with Crippen molar-refractivity contribution in [2.24, 2.45) is 0 Å². The normalized spacial score (nSPS) is 11.6. The van der Waals surface area contributed by atoms with E-state index in [4.69, 9.17) is 11.6 Å². The third-order valence-corrected chi connectivity index (χ3v) is 5.37. The molecule has 0 radical (unpaired) electrons. The highest BCUT2D eigenvalue weighted by atomic mass is 35.5. The molecular formula is C20H16ClF2NO3S. The Morgan fingerprint density at radius 3 is 2.39 bits per heavy atom. The molecule has 0 saturated carbocycles. The van der Waals surface area contributed by atoms with E-state index in [0.29, 0.717) is 22.6 Å². The van der Waals surface area contributed by atoms with Gasteiger partial charge >= 0.3 is 6.61 Å². The van der Waals surface area contributed by atoms with Gasteiger partial charge in [0, 0.05) is 23.0 Å². The molecule has 1 heterocycles. The highest BCUT2D eigenvalue weighted by Crippen LogP contribution is 2.32. The lowest BCUT2D eigenvalue weighted by Gasteiger charge is -2.12. The summed E-state index contributed by atoms with van der Waals surface area (Å²) in [5, 5.41) is 0.460. The molecule has 4 nitrogen and oxygen atoms in total. The van der Waals surface area contributed by atoms with Crippen molar-refractivity contribution in [3.8, 4) is 17.0 Å². The molecule has 0 saturated heterocycles. The fraction of sp³-hybridized carbons (Fsp3) is 0.150. The Balaban J connectivity index is 1.95. The Morgan fingerprint density at radius 1 is 1.07 bits per heavy atom. The smallest absolute Gasteiger partial charge is 0.388 e. The molecule has 1 aromatic heterocycles. The molecule has 0 aliphatic rings. The molecule has 0 atom stereocenters. The summed E-state index contributed by atoms with van der Waals surface area (Å²) in [7, 11) is -3.27. The Kier molecular flexibility index (Phi) is 5.96. The summed E-state index contributed by atoms with van der Waals surface area (Å²) in [6.07, 6.45) is 3.04. The van der Waals surface area contributed by atoms with Crippen LogP contribution in [0.2, 0.25) is 5.02 Å². The number of rotatable bonds is 6. The van der Waals surface area contributed by atoms with Crippen LogP contribution in [0.25, 0.3) is 11.1 Å². The van der Waals surface area contributed by atoms with Crippen molar-refractivity contribution < 1.29 is 21.9 Å². The summed E-state index contributed by atoms with van der Waals surface area (Å²) in [6.45, 7) is -3.00. The average molecular weight is 424 g/mol. The molecular weight excluding hydrogens is 408 g/mol. The quantitative estimate of drug-likeness (QED) is 0.560. The first-order chi connectivity index (χ1) is 13.2. The first-order valence-electron chi connectivity index (χ1n) is 8.21. The van der Waals surface area contributed by atoms with Crippen LogP contribution in [-0.2, 0) is 16.3 Å². The molecule has 3 rings (SSSR count). The van der Waals surface area contributed by atoms with Gasteiger partial charge in [0.2, 0.25) is 5.88 Å². The number of hydrogen-bond acceptors (Lipinski definition) is 4. The van der Waals surface area contributed by atoms with Crippen LogP contribution < -0.4 is 4.74 Å². The number of hydrogen-bond donors (Lipinski definition) is 0. The van der Waals surface area contributed by atoms with Crippen molar-refractivity contribution in [2.45, 2.75) is 17.9 Å². The third kappa shape index (κ3) is 5.05. The van der Waals surface area contributed by atoms with Gasteiger partial charge in [-0.05, 0) is 53.4 Å². The van der Waals surface area contributed by atoms with Gasteiger partial charge < -0.3 is 4.74 Å². The zero-order valence-electron chi connectivity index (χ0n) is 14.8. The average Bonchev–Trinajstić information content (AvgIpc) is 2.62. The van der Waals surface area contributed by atoms with Crippen molar-refractivity contribution in [3.63, 3.8) is 0 Å². The van der Waals surface area contributed by atoms with Crippen molar-refractivity contribution >= 4 is 21.4 Å². The maximum atomic E-state index is 12.7. The lowest BCUT2D eigenvalue weighted by Crippen LogP contribution is -2.06. The second-order valence-electron chi connectivity index (χ2n) is 6.18. The second-order valence-corrected chi connectivity index (χ2v) is 8.63. The van der Waals surface area contributed by atoms with E-state index in [1.54, 1.807) is 42.5 Å². The predicted octanol–water partition coefficient (Wildman–Crippen LogP) is 5.00. The van der Waals surface area contributed by atoms with Crippen LogP contribution in [0.15, 0.2) is 65.7 Å². The van der Waals surface area contributed by atoms with Gasteiger partial charge in [0.15, 0.2) is 9.84 Å². The number of pyridine rings is 1. The summed E-state index contributed by atoms with van der Waals surface area (Å²) in [4.78, 5) is 4.27. The van der Waals surface area contributed by atoms with Gasteiger partial charge in [0.05, 0.1) is 4.90 Å². The SMILES string of the molecule is CS(=O)(=O)c1ccc(Cc2cnc(OC(F)F)c(-c3cccc(Cl)c3)c2)cc1. The standard InChI is InChI=1S/C20H16ClF2NO3S/c1-28(25,26)17-7-5-13(6-8-17)9-14-10-18(15-3-2-4-16(21)11-15)19(24-12-14)27-20(22)23/h2-8,10-12,20H,9H2,1H3. The fourth-order valence-corrected chi connectivity index (χ4v) is 3.54. The maximum absolute atomic E-state index is 12.7. The molecule has 0 aliphatic heterocycles. The molecule has 146 valence electrons. The summed E-state index contributed by atoms with van der Waals surface area (Å²) in [5.74, 6) is -0.187. The van der Waals surface area contributed by atoms with E-state index < -0.39 is 16.4 Å². The van der Waals surface area contributed by atoms with Crippen LogP contribution in [0.3, 0.4) is 0 Å². The van der Waals surface area contributed by atoms with Gasteiger partial charge in [-0.1, -0.05) is 35.9 Å². The highest BCUT2D eigenvalue weighted by molar-refractivity contribution is 7.90. The zero-order chi connectivity index (χ0) is 20.3. The van der Waals surface area contributed by atoms with Crippen LogP contribution >= 0.6 is 11.6 Å². The van der Waals surface area contributed by atoms with E-state index in [-0.39, 0.29) is 10.8 Å². The first-order valence-corrected chi connectivity index (χ1v) is 10.5. The fourth-order valence-electron chi connectivity index (χ4n) is 2.72. The molecule has 0 bridgehead atoms. The molecule has 8 heteroatoms. The molecule has 0 amide bonds. The topological polar surface area (TPSA) is 56.3 Å². The molecule has 2 aromatic carbocycles. The predicted molar refractivity (Wildman–Crippen MR) is 104 cm³/mol. The third-order valence-electron chi connectivity index (χ3n) is 4.00. The number of nitrogens with zero attached hydrogens (tertiary/aromatic N) is 1. The van der Waals surface area contributed by atoms with Crippen LogP contribution in [-0.4, -0.2) is 26.3 Å². The summed E-state index contributed by atoms with van der Waals surface area (Å²) in [5.41, 5.74) is 2.61. The molecule has 0 fully saturated rings. The number of ether oxygens (including phenoxy) is 1. The highest BCUT2D eigenvalue weighted by Gasteiger charge is 2.15. The monoisotopic (exact) mass is 423 g/mol. The van der Waals surface area contributed by atoms with Gasteiger partial charge in [0.25, 0.3) is 0 Å². The second kappa shape index (κ2) is 8.24. The number of alkyl halides is 2. The Hall–Kier alpha value is -2.51. The molecule has 0 spiro atoms. The maximum Gasteiger partial charge on any atom is 0.388 e.